The molecule has 5 rings (SSSR count). The van der Waals surface area contributed by atoms with Crippen LogP contribution in [0.1, 0.15) is 72.3 Å². The number of rotatable bonds is 10. The second kappa shape index (κ2) is 11.5. The van der Waals surface area contributed by atoms with Crippen LogP contribution < -0.4 is 16.0 Å². The molecule has 3 aliphatic rings. The van der Waals surface area contributed by atoms with Crippen LogP contribution in [0.25, 0.3) is 0 Å². The average Bonchev–Trinajstić information content (AvgIpc) is 3.79. The predicted molar refractivity (Wildman–Crippen MR) is 154 cm³/mol. The first-order valence-electron chi connectivity index (χ1n) is 13.7. The molecule has 0 saturated heterocycles. The van der Waals surface area contributed by atoms with E-state index in [0.717, 1.165) is 67.4 Å². The number of nitrogens with zero attached hydrogens (tertiary/aromatic N) is 1. The van der Waals surface area contributed by atoms with E-state index in [2.05, 4.69) is 59.0 Å². The Morgan fingerprint density at radius 3 is 2.54 bits per heavy atom. The number of fused-ring (bicyclic) bond motifs is 1. The Balaban J connectivity index is 1.31. The lowest BCUT2D eigenvalue weighted by atomic mass is 9.91. The largest absolute Gasteiger partial charge is 0.359 e. The molecule has 8 heteroatoms. The Morgan fingerprint density at radius 1 is 1.11 bits per heavy atom. The van der Waals surface area contributed by atoms with Crippen molar-refractivity contribution in [2.24, 2.45) is 17.8 Å². The number of amides is 2. The number of thiocarbonyl (C=S) groups is 1. The van der Waals surface area contributed by atoms with Crippen LogP contribution in [-0.2, 0) is 24.2 Å². The molecule has 198 valence electrons. The molecule has 2 saturated carbocycles. The van der Waals surface area contributed by atoms with Crippen LogP contribution in [0.15, 0.2) is 30.3 Å². The van der Waals surface area contributed by atoms with E-state index in [4.69, 9.17) is 12.2 Å². The number of carbonyl (C=O) groups is 2. The fourth-order valence-corrected chi connectivity index (χ4v) is 6.52. The monoisotopic (exact) mass is 538 g/mol. The van der Waals surface area contributed by atoms with Crippen molar-refractivity contribution in [1.29, 1.82) is 0 Å². The van der Waals surface area contributed by atoms with Crippen LogP contribution >= 0.6 is 23.6 Å². The highest BCUT2D eigenvalue weighted by Gasteiger charge is 2.34. The Labute approximate surface area is 229 Å². The van der Waals surface area contributed by atoms with Gasteiger partial charge >= 0.3 is 0 Å². The van der Waals surface area contributed by atoms with Crippen molar-refractivity contribution in [2.45, 2.75) is 71.4 Å². The number of thiophene rings is 1. The van der Waals surface area contributed by atoms with Crippen LogP contribution in [0.5, 0.6) is 0 Å². The number of hydrogen-bond acceptors (Lipinski definition) is 4. The summed E-state index contributed by atoms with van der Waals surface area (Å²) >= 11 is 7.50. The molecule has 0 unspecified atom stereocenters. The molecule has 1 atom stereocenters. The molecule has 0 spiro atoms. The van der Waals surface area contributed by atoms with Crippen molar-refractivity contribution < 1.29 is 9.59 Å². The van der Waals surface area contributed by atoms with Crippen molar-refractivity contribution >= 4 is 45.5 Å². The smallest absolute Gasteiger partial charge is 0.254 e. The predicted octanol–water partition coefficient (Wildman–Crippen LogP) is 5.13. The van der Waals surface area contributed by atoms with Crippen LogP contribution in [-0.4, -0.2) is 41.0 Å². The fraction of sp³-hybridized carbons (Fsp3) is 0.552. The first-order valence-corrected chi connectivity index (χ1v) is 14.9. The molecule has 37 heavy (non-hydrogen) atoms. The fourth-order valence-electron chi connectivity index (χ4n) is 4.97. The van der Waals surface area contributed by atoms with Crippen molar-refractivity contribution in [3.63, 3.8) is 0 Å². The summed E-state index contributed by atoms with van der Waals surface area (Å²) in [5, 5.41) is 11.4. The van der Waals surface area contributed by atoms with Gasteiger partial charge in [-0.3, -0.25) is 9.59 Å². The quantitative estimate of drug-likeness (QED) is 0.366. The van der Waals surface area contributed by atoms with E-state index in [1.165, 1.54) is 23.3 Å². The molecule has 1 heterocycles. The highest BCUT2D eigenvalue weighted by atomic mass is 32.1. The van der Waals surface area contributed by atoms with Gasteiger partial charge in [-0.1, -0.05) is 44.2 Å². The van der Waals surface area contributed by atoms with Gasteiger partial charge in [-0.15, -0.1) is 11.3 Å². The Bertz CT molecular complexity index is 1140. The molecule has 1 aromatic heterocycles. The second-order valence-electron chi connectivity index (χ2n) is 11.3. The summed E-state index contributed by atoms with van der Waals surface area (Å²) in [5.74, 6) is 1.19. The number of carbonyl (C=O) groups excluding carboxylic acids is 2. The normalized spacial score (nSPS) is 18.7. The van der Waals surface area contributed by atoms with Crippen LogP contribution in [0.3, 0.4) is 0 Å². The maximum absolute atomic E-state index is 13.3. The van der Waals surface area contributed by atoms with Gasteiger partial charge in [0.1, 0.15) is 5.00 Å². The number of aryl methyl sites for hydroxylation is 1. The third-order valence-electron chi connectivity index (χ3n) is 7.34. The van der Waals surface area contributed by atoms with Crippen molar-refractivity contribution in [1.82, 2.24) is 15.5 Å². The van der Waals surface area contributed by atoms with Gasteiger partial charge in [-0.25, -0.2) is 0 Å². The van der Waals surface area contributed by atoms with E-state index >= 15 is 0 Å². The lowest BCUT2D eigenvalue weighted by Crippen LogP contribution is -2.47. The first-order chi connectivity index (χ1) is 17.9. The molecule has 0 aliphatic heterocycles. The van der Waals surface area contributed by atoms with Gasteiger partial charge < -0.3 is 20.9 Å². The zero-order chi connectivity index (χ0) is 25.9. The van der Waals surface area contributed by atoms with Gasteiger partial charge in [0, 0.05) is 36.5 Å². The third-order valence-corrected chi connectivity index (χ3v) is 8.92. The maximum Gasteiger partial charge on any atom is 0.254 e. The van der Waals surface area contributed by atoms with Crippen molar-refractivity contribution in [3.8, 4) is 0 Å². The second-order valence-corrected chi connectivity index (χ2v) is 12.8. The van der Waals surface area contributed by atoms with Crippen LogP contribution in [0.2, 0.25) is 0 Å². The van der Waals surface area contributed by atoms with Crippen molar-refractivity contribution in [2.75, 3.05) is 18.4 Å². The maximum atomic E-state index is 13.3. The Morgan fingerprint density at radius 2 is 1.86 bits per heavy atom. The van der Waals surface area contributed by atoms with Crippen LogP contribution in [0.4, 0.5) is 5.00 Å². The summed E-state index contributed by atoms with van der Waals surface area (Å²) in [5.41, 5.74) is 2.99. The lowest BCUT2D eigenvalue weighted by Gasteiger charge is -2.32. The van der Waals surface area contributed by atoms with Crippen LogP contribution in [0, 0.1) is 17.8 Å². The highest BCUT2D eigenvalue weighted by Crippen LogP contribution is 2.40. The topological polar surface area (TPSA) is 73.5 Å². The van der Waals surface area contributed by atoms with Gasteiger partial charge in [-0.05, 0) is 80.1 Å². The van der Waals surface area contributed by atoms with Gasteiger partial charge in [0.25, 0.3) is 5.91 Å². The van der Waals surface area contributed by atoms with Crippen molar-refractivity contribution in [3.05, 3.63) is 51.9 Å². The number of hydrogen-bond donors (Lipinski definition) is 3. The van der Waals surface area contributed by atoms with Gasteiger partial charge in [0.05, 0.1) is 5.56 Å². The minimum atomic E-state index is -0.0516. The molecule has 2 aromatic rings. The standard InChI is InChI=1S/C29H38N4O2S2/c1-18(2)16-33(17-20-6-4-3-5-7-20)29(36)31-22-12-13-24-23(14-22)25(27(35)30-15-19-8-9-19)28(37-24)32-26(34)21-10-11-21/h3-7,18-19,21-22H,8-17H2,1-2H3,(H,30,35)(H,31,36)(H,32,34)/t22-/m0/s1. The summed E-state index contributed by atoms with van der Waals surface area (Å²) in [4.78, 5) is 29.4. The summed E-state index contributed by atoms with van der Waals surface area (Å²) in [7, 11) is 0. The summed E-state index contributed by atoms with van der Waals surface area (Å²) < 4.78 is 0. The van der Waals surface area contributed by atoms with Gasteiger partial charge in [-0.2, -0.15) is 0 Å². The average molecular weight is 539 g/mol. The molecular formula is C29H38N4O2S2. The summed E-state index contributed by atoms with van der Waals surface area (Å²) in [6, 6.07) is 10.6. The molecule has 2 fully saturated rings. The number of anilines is 1. The molecule has 0 bridgehead atoms. The molecule has 1 aromatic carbocycles. The van der Waals surface area contributed by atoms with Gasteiger partial charge in [0.15, 0.2) is 5.11 Å². The number of benzene rings is 1. The third kappa shape index (κ3) is 6.90. The number of nitrogens with one attached hydrogen (secondary N) is 3. The van der Waals surface area contributed by atoms with E-state index in [9.17, 15) is 9.59 Å². The summed E-state index contributed by atoms with van der Waals surface area (Å²) in [6.45, 7) is 6.79. The Hall–Kier alpha value is -2.45. The molecule has 3 N–H and O–H groups in total. The molecule has 0 radical (unpaired) electrons. The zero-order valence-electron chi connectivity index (χ0n) is 21.8. The van der Waals surface area contributed by atoms with E-state index in [0.29, 0.717) is 17.4 Å². The minimum Gasteiger partial charge on any atom is -0.359 e. The molecule has 2 amide bonds. The van der Waals surface area contributed by atoms with E-state index in [1.54, 1.807) is 11.3 Å². The lowest BCUT2D eigenvalue weighted by molar-refractivity contribution is -0.117. The van der Waals surface area contributed by atoms with E-state index < -0.39 is 0 Å². The van der Waals surface area contributed by atoms with Gasteiger partial charge in [0.2, 0.25) is 5.91 Å². The van der Waals surface area contributed by atoms with E-state index in [-0.39, 0.29) is 23.8 Å². The first kappa shape index (κ1) is 26.2. The molecular weight excluding hydrogens is 500 g/mol. The minimum absolute atomic E-state index is 0.0516. The SMILES string of the molecule is CC(C)CN(Cc1ccccc1)C(=S)N[C@H]1CCc2sc(NC(=O)C3CC3)c(C(=O)NCC3CC3)c2C1. The molecule has 3 aliphatic carbocycles. The van der Waals surface area contributed by atoms with E-state index in [1.807, 2.05) is 6.07 Å². The summed E-state index contributed by atoms with van der Waals surface area (Å²) in [6.07, 6.45) is 6.83. The Kier molecular flexibility index (Phi) is 8.15. The highest BCUT2D eigenvalue weighted by molar-refractivity contribution is 7.80. The zero-order valence-corrected chi connectivity index (χ0v) is 23.5. The molecule has 6 nitrogen and oxygen atoms in total.